The van der Waals surface area contributed by atoms with Crippen molar-refractivity contribution in [3.8, 4) is 11.5 Å². The number of carbonyl (C=O) groups is 1. The summed E-state index contributed by atoms with van der Waals surface area (Å²) in [6.07, 6.45) is 2.99. The van der Waals surface area contributed by atoms with Gasteiger partial charge in [-0.25, -0.2) is 0 Å². The van der Waals surface area contributed by atoms with E-state index in [0.717, 1.165) is 0 Å². The highest BCUT2D eigenvalue weighted by atomic mass is 16.5. The fourth-order valence-corrected chi connectivity index (χ4v) is 1.60. The molecule has 0 bridgehead atoms. The van der Waals surface area contributed by atoms with Gasteiger partial charge in [-0.05, 0) is 19.1 Å². The number of aromatic nitrogens is 2. The van der Waals surface area contributed by atoms with Gasteiger partial charge in [-0.2, -0.15) is 5.10 Å². The molecule has 6 nitrogen and oxygen atoms in total. The van der Waals surface area contributed by atoms with Gasteiger partial charge in [-0.3, -0.25) is 9.89 Å². The average molecular weight is 261 g/mol. The number of nitrogens with one attached hydrogen (secondary N) is 2. The molecule has 1 aromatic heterocycles. The number of carbonyl (C=O) groups excluding carboxylic acids is 1. The van der Waals surface area contributed by atoms with Crippen molar-refractivity contribution in [1.82, 2.24) is 10.2 Å². The third-order valence-corrected chi connectivity index (χ3v) is 2.48. The molecule has 0 atom stereocenters. The predicted octanol–water partition coefficient (Wildman–Crippen LogP) is 2.07. The highest BCUT2D eigenvalue weighted by Crippen LogP contribution is 2.30. The van der Waals surface area contributed by atoms with Crippen LogP contribution < -0.4 is 14.8 Å². The first kappa shape index (κ1) is 12.9. The van der Waals surface area contributed by atoms with Crippen LogP contribution in [0.1, 0.15) is 17.3 Å². The Bertz CT molecular complexity index is 552. The number of hydrogen-bond donors (Lipinski definition) is 2. The molecule has 2 aromatic rings. The minimum absolute atomic E-state index is 0.235. The SMILES string of the molecule is CCOc1cc(NC(=O)c2cn[nH]c2)ccc1OC. The van der Waals surface area contributed by atoms with E-state index in [4.69, 9.17) is 9.47 Å². The highest BCUT2D eigenvalue weighted by Gasteiger charge is 2.10. The Morgan fingerprint density at radius 2 is 2.26 bits per heavy atom. The van der Waals surface area contributed by atoms with Crippen LogP contribution in [0.25, 0.3) is 0 Å². The van der Waals surface area contributed by atoms with Gasteiger partial charge in [0.15, 0.2) is 11.5 Å². The van der Waals surface area contributed by atoms with E-state index in [1.54, 1.807) is 25.3 Å². The van der Waals surface area contributed by atoms with E-state index in [9.17, 15) is 4.79 Å². The van der Waals surface area contributed by atoms with Crippen molar-refractivity contribution in [3.05, 3.63) is 36.2 Å². The maximum absolute atomic E-state index is 11.9. The molecule has 0 saturated carbocycles. The van der Waals surface area contributed by atoms with Gasteiger partial charge >= 0.3 is 0 Å². The lowest BCUT2D eigenvalue weighted by Crippen LogP contribution is -2.11. The standard InChI is InChI=1S/C13H15N3O3/c1-3-19-12-6-10(4-5-11(12)18-2)16-13(17)9-7-14-15-8-9/h4-8H,3H2,1-2H3,(H,14,15)(H,16,17). The quantitative estimate of drug-likeness (QED) is 0.863. The molecule has 100 valence electrons. The number of nitrogens with zero attached hydrogens (tertiary/aromatic N) is 1. The molecular formula is C13H15N3O3. The van der Waals surface area contributed by atoms with Crippen LogP contribution in [0.5, 0.6) is 11.5 Å². The van der Waals surface area contributed by atoms with Crippen molar-refractivity contribution in [2.45, 2.75) is 6.92 Å². The number of amides is 1. The van der Waals surface area contributed by atoms with Crippen LogP contribution in [0.15, 0.2) is 30.6 Å². The van der Waals surface area contributed by atoms with Crippen LogP contribution in [0.3, 0.4) is 0 Å². The molecule has 6 heteroatoms. The normalized spacial score (nSPS) is 10.0. The monoisotopic (exact) mass is 261 g/mol. The van der Waals surface area contributed by atoms with E-state index in [0.29, 0.717) is 29.4 Å². The van der Waals surface area contributed by atoms with Gasteiger partial charge in [0.2, 0.25) is 0 Å². The van der Waals surface area contributed by atoms with E-state index < -0.39 is 0 Å². The van der Waals surface area contributed by atoms with Gasteiger partial charge in [0, 0.05) is 18.0 Å². The number of aromatic amines is 1. The molecule has 0 unspecified atom stereocenters. The fourth-order valence-electron chi connectivity index (χ4n) is 1.60. The lowest BCUT2D eigenvalue weighted by molar-refractivity contribution is 0.102. The first-order chi connectivity index (χ1) is 9.24. The summed E-state index contributed by atoms with van der Waals surface area (Å²) in [5.74, 6) is 0.986. The molecule has 0 radical (unpaired) electrons. The maximum Gasteiger partial charge on any atom is 0.258 e. The third-order valence-electron chi connectivity index (χ3n) is 2.48. The van der Waals surface area contributed by atoms with Gasteiger partial charge < -0.3 is 14.8 Å². The first-order valence-corrected chi connectivity index (χ1v) is 5.85. The topological polar surface area (TPSA) is 76.2 Å². The number of H-pyrrole nitrogens is 1. The Labute approximate surface area is 110 Å². The van der Waals surface area contributed by atoms with E-state index >= 15 is 0 Å². The van der Waals surface area contributed by atoms with Crippen molar-refractivity contribution < 1.29 is 14.3 Å². The lowest BCUT2D eigenvalue weighted by Gasteiger charge is -2.11. The number of anilines is 1. The van der Waals surface area contributed by atoms with Gasteiger partial charge in [0.05, 0.1) is 25.5 Å². The summed E-state index contributed by atoms with van der Waals surface area (Å²) in [5, 5.41) is 9.08. The molecule has 0 aliphatic heterocycles. The van der Waals surface area contributed by atoms with E-state index in [1.807, 2.05) is 6.92 Å². The Kier molecular flexibility index (Phi) is 4.02. The largest absolute Gasteiger partial charge is 0.493 e. The second-order valence-electron chi connectivity index (χ2n) is 3.74. The molecule has 0 saturated heterocycles. The number of methoxy groups -OCH3 is 1. The second kappa shape index (κ2) is 5.90. The van der Waals surface area contributed by atoms with Crippen LogP contribution in [0.4, 0.5) is 5.69 Å². The van der Waals surface area contributed by atoms with Crippen LogP contribution in [-0.4, -0.2) is 29.8 Å². The fraction of sp³-hybridized carbons (Fsp3) is 0.231. The number of rotatable bonds is 5. The average Bonchev–Trinajstić information content (AvgIpc) is 2.93. The Morgan fingerprint density at radius 1 is 1.42 bits per heavy atom. The minimum Gasteiger partial charge on any atom is -0.493 e. The molecule has 0 aliphatic rings. The highest BCUT2D eigenvalue weighted by molar-refractivity contribution is 6.04. The summed E-state index contributed by atoms with van der Waals surface area (Å²) in [6.45, 7) is 2.41. The smallest absolute Gasteiger partial charge is 0.258 e. The summed E-state index contributed by atoms with van der Waals surface area (Å²) in [7, 11) is 1.57. The summed E-state index contributed by atoms with van der Waals surface area (Å²) in [4.78, 5) is 11.9. The van der Waals surface area contributed by atoms with Crippen molar-refractivity contribution in [3.63, 3.8) is 0 Å². The molecule has 1 amide bonds. The summed E-state index contributed by atoms with van der Waals surface area (Å²) in [6, 6.07) is 5.22. The number of benzene rings is 1. The van der Waals surface area contributed by atoms with E-state index in [2.05, 4.69) is 15.5 Å². The molecule has 2 rings (SSSR count). The molecule has 0 spiro atoms. The van der Waals surface area contributed by atoms with Gasteiger partial charge in [0.1, 0.15) is 0 Å². The summed E-state index contributed by atoms with van der Waals surface area (Å²) >= 11 is 0. The molecule has 19 heavy (non-hydrogen) atoms. The number of hydrogen-bond acceptors (Lipinski definition) is 4. The Balaban J connectivity index is 2.16. The van der Waals surface area contributed by atoms with Gasteiger partial charge in [-0.1, -0.05) is 0 Å². The van der Waals surface area contributed by atoms with Crippen molar-refractivity contribution >= 4 is 11.6 Å². The summed E-state index contributed by atoms with van der Waals surface area (Å²) in [5.41, 5.74) is 1.10. The van der Waals surface area contributed by atoms with Gasteiger partial charge in [0.25, 0.3) is 5.91 Å². The zero-order chi connectivity index (χ0) is 13.7. The van der Waals surface area contributed by atoms with Crippen LogP contribution in [0, 0.1) is 0 Å². The van der Waals surface area contributed by atoms with Crippen LogP contribution >= 0.6 is 0 Å². The zero-order valence-electron chi connectivity index (χ0n) is 10.8. The second-order valence-corrected chi connectivity index (χ2v) is 3.74. The third kappa shape index (κ3) is 3.04. The Morgan fingerprint density at radius 3 is 2.89 bits per heavy atom. The van der Waals surface area contributed by atoms with E-state index in [1.165, 1.54) is 12.4 Å². The van der Waals surface area contributed by atoms with E-state index in [-0.39, 0.29) is 5.91 Å². The molecule has 1 aromatic carbocycles. The minimum atomic E-state index is -0.235. The molecular weight excluding hydrogens is 246 g/mol. The van der Waals surface area contributed by atoms with Crippen molar-refractivity contribution in [2.75, 3.05) is 19.0 Å². The van der Waals surface area contributed by atoms with Crippen LogP contribution in [0.2, 0.25) is 0 Å². The molecule has 0 aliphatic carbocycles. The lowest BCUT2D eigenvalue weighted by atomic mass is 10.2. The first-order valence-electron chi connectivity index (χ1n) is 5.85. The Hall–Kier alpha value is -2.50. The molecule has 0 fully saturated rings. The predicted molar refractivity (Wildman–Crippen MR) is 70.7 cm³/mol. The van der Waals surface area contributed by atoms with Crippen LogP contribution in [-0.2, 0) is 0 Å². The summed E-state index contributed by atoms with van der Waals surface area (Å²) < 4.78 is 10.6. The zero-order valence-corrected chi connectivity index (χ0v) is 10.8. The molecule has 2 N–H and O–H groups in total. The number of ether oxygens (including phenoxy) is 2. The van der Waals surface area contributed by atoms with Gasteiger partial charge in [-0.15, -0.1) is 0 Å². The molecule has 1 heterocycles. The van der Waals surface area contributed by atoms with Crippen molar-refractivity contribution in [1.29, 1.82) is 0 Å². The maximum atomic E-state index is 11.9. The van der Waals surface area contributed by atoms with Crippen molar-refractivity contribution in [2.24, 2.45) is 0 Å².